The molecule has 1 aromatic rings. The Balaban J connectivity index is 2.29. The molecule has 2 rings (SSSR count). The summed E-state index contributed by atoms with van der Waals surface area (Å²) in [5.41, 5.74) is 1.49. The van der Waals surface area contributed by atoms with E-state index in [0.717, 1.165) is 11.3 Å². The number of carbonyl (C=O) groups excluding carboxylic acids is 1. The van der Waals surface area contributed by atoms with Gasteiger partial charge in [-0.1, -0.05) is 13.8 Å². The molecule has 0 spiro atoms. The Kier molecular flexibility index (Phi) is 4.23. The van der Waals surface area contributed by atoms with Crippen molar-refractivity contribution >= 4 is 5.91 Å². The summed E-state index contributed by atoms with van der Waals surface area (Å²) >= 11 is 0. The van der Waals surface area contributed by atoms with Gasteiger partial charge in [0.1, 0.15) is 5.56 Å². The van der Waals surface area contributed by atoms with Gasteiger partial charge in [0.25, 0.3) is 11.5 Å². The smallest absolute Gasteiger partial charge is 0.277 e. The first-order chi connectivity index (χ1) is 9.49. The number of rotatable bonds is 4. The van der Waals surface area contributed by atoms with Gasteiger partial charge in [0.2, 0.25) is 0 Å². The molecule has 6 nitrogen and oxygen atoms in total. The highest BCUT2D eigenvalue weighted by molar-refractivity contribution is 5.96. The molecule has 0 atom stereocenters. The van der Waals surface area contributed by atoms with Gasteiger partial charge in [-0.2, -0.15) is 5.10 Å². The predicted molar refractivity (Wildman–Crippen MR) is 77.0 cm³/mol. The molecular weight excluding hydrogens is 256 g/mol. The van der Waals surface area contributed by atoms with Crippen molar-refractivity contribution in [3.8, 4) is 0 Å². The highest BCUT2D eigenvalue weighted by atomic mass is 16.2. The maximum absolute atomic E-state index is 12.5. The molecule has 110 valence electrons. The van der Waals surface area contributed by atoms with E-state index in [4.69, 9.17) is 0 Å². The Labute approximate surface area is 118 Å². The number of likely N-dealkylation sites (tertiary alicyclic amines) is 1. The lowest BCUT2D eigenvalue weighted by molar-refractivity contribution is 0.0396. The van der Waals surface area contributed by atoms with E-state index in [-0.39, 0.29) is 17.0 Å². The molecule has 2 heterocycles. The van der Waals surface area contributed by atoms with Crippen molar-refractivity contribution in [1.82, 2.24) is 20.0 Å². The van der Waals surface area contributed by atoms with E-state index in [1.165, 1.54) is 0 Å². The minimum atomic E-state index is -0.377. The van der Waals surface area contributed by atoms with Gasteiger partial charge in [-0.25, -0.2) is 5.10 Å². The van der Waals surface area contributed by atoms with Crippen LogP contribution in [0, 0.1) is 0 Å². The average molecular weight is 278 g/mol. The van der Waals surface area contributed by atoms with Crippen LogP contribution in [0.15, 0.2) is 4.79 Å². The van der Waals surface area contributed by atoms with Gasteiger partial charge >= 0.3 is 0 Å². The fourth-order valence-corrected chi connectivity index (χ4v) is 2.53. The number of amides is 1. The Hall–Kier alpha value is -1.69. The lowest BCUT2D eigenvalue weighted by Crippen LogP contribution is -2.59. The number of nitrogens with zero attached hydrogens (tertiary/aromatic N) is 3. The summed E-state index contributed by atoms with van der Waals surface area (Å²) in [7, 11) is 4.00. The van der Waals surface area contributed by atoms with E-state index >= 15 is 0 Å². The fraction of sp³-hybridized carbons (Fsp3) is 0.643. The van der Waals surface area contributed by atoms with Crippen LogP contribution in [0.4, 0.5) is 0 Å². The number of carbonyl (C=O) groups is 1. The van der Waals surface area contributed by atoms with Crippen LogP contribution in [0.3, 0.4) is 0 Å². The van der Waals surface area contributed by atoms with E-state index in [1.54, 1.807) is 4.90 Å². The van der Waals surface area contributed by atoms with Crippen LogP contribution >= 0.6 is 0 Å². The van der Waals surface area contributed by atoms with E-state index in [2.05, 4.69) is 15.1 Å². The molecule has 20 heavy (non-hydrogen) atoms. The van der Waals surface area contributed by atoms with Crippen LogP contribution in [0.5, 0.6) is 0 Å². The highest BCUT2D eigenvalue weighted by Gasteiger charge is 2.34. The Morgan fingerprint density at radius 3 is 2.50 bits per heavy atom. The summed E-state index contributed by atoms with van der Waals surface area (Å²) in [5.74, 6) is -0.168. The van der Waals surface area contributed by atoms with Crippen molar-refractivity contribution in [2.45, 2.75) is 32.7 Å². The Morgan fingerprint density at radius 2 is 2.00 bits per heavy atom. The molecule has 1 N–H and O–H groups in total. The lowest BCUT2D eigenvalue weighted by Gasteiger charge is -2.42. The van der Waals surface area contributed by atoms with Crippen molar-refractivity contribution in [2.24, 2.45) is 0 Å². The molecule has 1 aliphatic rings. The minimum absolute atomic E-state index is 0.168. The third kappa shape index (κ3) is 2.47. The molecule has 0 unspecified atom stereocenters. The topological polar surface area (TPSA) is 69.3 Å². The number of aromatic nitrogens is 2. The molecule has 0 bridgehead atoms. The van der Waals surface area contributed by atoms with Gasteiger partial charge < -0.3 is 9.80 Å². The average Bonchev–Trinajstić information content (AvgIpc) is 2.35. The van der Waals surface area contributed by atoms with Crippen molar-refractivity contribution in [3.63, 3.8) is 0 Å². The third-order valence-electron chi connectivity index (χ3n) is 3.95. The SMILES string of the molecule is CCc1n[nH]c(=O)c(C(=O)N2CC(N(C)C)C2)c1CC. The van der Waals surface area contributed by atoms with Gasteiger partial charge in [0.15, 0.2) is 0 Å². The third-order valence-corrected chi connectivity index (χ3v) is 3.95. The molecule has 1 amide bonds. The first-order valence-corrected chi connectivity index (χ1v) is 7.05. The lowest BCUT2D eigenvalue weighted by atomic mass is 10.00. The second-order valence-corrected chi connectivity index (χ2v) is 5.39. The van der Waals surface area contributed by atoms with Gasteiger partial charge in [0.05, 0.1) is 5.69 Å². The van der Waals surface area contributed by atoms with E-state index in [1.807, 2.05) is 27.9 Å². The minimum Gasteiger partial charge on any atom is -0.335 e. The van der Waals surface area contributed by atoms with Crippen LogP contribution in [0.1, 0.15) is 35.5 Å². The summed E-state index contributed by atoms with van der Waals surface area (Å²) in [6.07, 6.45) is 1.35. The maximum Gasteiger partial charge on any atom is 0.277 e. The highest BCUT2D eigenvalue weighted by Crippen LogP contribution is 2.18. The maximum atomic E-state index is 12.5. The van der Waals surface area contributed by atoms with Crippen LogP contribution in [0.25, 0.3) is 0 Å². The van der Waals surface area contributed by atoms with E-state index in [0.29, 0.717) is 32.0 Å². The summed E-state index contributed by atoms with van der Waals surface area (Å²) < 4.78 is 0. The molecular formula is C14H22N4O2. The number of aryl methyl sites for hydroxylation is 1. The Morgan fingerprint density at radius 1 is 1.35 bits per heavy atom. The quantitative estimate of drug-likeness (QED) is 0.859. The molecule has 1 fully saturated rings. The number of likely N-dealkylation sites (N-methyl/N-ethyl adjacent to an activating group) is 1. The summed E-state index contributed by atoms with van der Waals surface area (Å²) in [4.78, 5) is 28.3. The molecule has 0 aliphatic carbocycles. The second kappa shape index (κ2) is 5.75. The van der Waals surface area contributed by atoms with Crippen molar-refractivity contribution < 1.29 is 4.79 Å². The zero-order valence-electron chi connectivity index (χ0n) is 12.6. The van der Waals surface area contributed by atoms with Crippen LogP contribution in [-0.2, 0) is 12.8 Å². The molecule has 1 aromatic heterocycles. The van der Waals surface area contributed by atoms with Gasteiger partial charge in [-0.3, -0.25) is 9.59 Å². The number of H-pyrrole nitrogens is 1. The van der Waals surface area contributed by atoms with Crippen LogP contribution < -0.4 is 5.56 Å². The largest absolute Gasteiger partial charge is 0.335 e. The molecule has 1 saturated heterocycles. The van der Waals surface area contributed by atoms with Gasteiger partial charge in [-0.15, -0.1) is 0 Å². The first-order valence-electron chi connectivity index (χ1n) is 7.05. The second-order valence-electron chi connectivity index (χ2n) is 5.39. The molecule has 6 heteroatoms. The van der Waals surface area contributed by atoms with Crippen molar-refractivity contribution in [3.05, 3.63) is 27.2 Å². The van der Waals surface area contributed by atoms with Crippen molar-refractivity contribution in [2.75, 3.05) is 27.2 Å². The van der Waals surface area contributed by atoms with Crippen molar-refractivity contribution in [1.29, 1.82) is 0 Å². The van der Waals surface area contributed by atoms with Gasteiger partial charge in [0, 0.05) is 19.1 Å². The summed E-state index contributed by atoms with van der Waals surface area (Å²) in [5, 5.41) is 6.49. The Bertz CT molecular complexity index is 559. The summed E-state index contributed by atoms with van der Waals surface area (Å²) in [6, 6.07) is 0.385. The zero-order chi connectivity index (χ0) is 14.9. The number of nitrogens with one attached hydrogen (secondary N) is 1. The van der Waals surface area contributed by atoms with E-state index in [9.17, 15) is 9.59 Å². The molecule has 1 aliphatic heterocycles. The molecule has 0 aromatic carbocycles. The predicted octanol–water partition coefficient (Wildman–Crippen LogP) is 0.281. The summed E-state index contributed by atoms with van der Waals surface area (Å²) in [6.45, 7) is 5.28. The monoisotopic (exact) mass is 278 g/mol. The first kappa shape index (κ1) is 14.7. The molecule has 0 saturated carbocycles. The van der Waals surface area contributed by atoms with Gasteiger partial charge in [-0.05, 0) is 32.5 Å². The van der Waals surface area contributed by atoms with Crippen LogP contribution in [-0.4, -0.2) is 59.1 Å². The normalized spacial score (nSPS) is 15.6. The number of hydrogen-bond acceptors (Lipinski definition) is 4. The number of hydrogen-bond donors (Lipinski definition) is 1. The standard InChI is InChI=1S/C14H22N4O2/c1-5-10-11(6-2)15-16-13(19)12(10)14(20)18-7-9(8-18)17(3)4/h9H,5-8H2,1-4H3,(H,16,19). The fourth-order valence-electron chi connectivity index (χ4n) is 2.53. The zero-order valence-corrected chi connectivity index (χ0v) is 12.6. The number of aromatic amines is 1. The molecule has 0 radical (unpaired) electrons. The van der Waals surface area contributed by atoms with Crippen LogP contribution in [0.2, 0.25) is 0 Å². The van der Waals surface area contributed by atoms with E-state index < -0.39 is 0 Å².